The topological polar surface area (TPSA) is 175 Å². The maximum atomic E-state index is 13.3. The van der Waals surface area contributed by atoms with E-state index in [1.807, 2.05) is 60.8 Å². The Bertz CT molecular complexity index is 1360. The SMILES string of the molecule is CC/C=C/C=C/C=C\C=C/C=C/CCCC(=O)OC1C(OCC(NC(=O)C(O)CCCCCCCCCCCCCCC)C(O)/C=C/CCCCCCCCCCCC)OC(CO)C(O)C1O. The van der Waals surface area contributed by atoms with Crippen LogP contribution in [0, 0.1) is 0 Å². The van der Waals surface area contributed by atoms with Crippen LogP contribution in [0.1, 0.15) is 207 Å². The largest absolute Gasteiger partial charge is 0.454 e. The molecule has 0 aromatic carbocycles. The van der Waals surface area contributed by atoms with Crippen molar-refractivity contribution in [1.29, 1.82) is 0 Å². The Morgan fingerprint density at radius 3 is 1.60 bits per heavy atom. The van der Waals surface area contributed by atoms with Crippen LogP contribution in [-0.2, 0) is 23.8 Å². The Morgan fingerprint density at radius 1 is 0.597 bits per heavy atom. The number of ether oxygens (including phenoxy) is 3. The molecule has 1 aliphatic rings. The number of unbranched alkanes of at least 4 members (excludes halogenated alkanes) is 23. The average Bonchev–Trinajstić information content (AvgIpc) is 3.32. The Labute approximate surface area is 407 Å². The van der Waals surface area contributed by atoms with Crippen molar-refractivity contribution in [3.63, 3.8) is 0 Å². The van der Waals surface area contributed by atoms with Crippen molar-refractivity contribution in [3.8, 4) is 0 Å². The molecule has 0 spiro atoms. The Balaban J connectivity index is 2.82. The second kappa shape index (κ2) is 44.3. The van der Waals surface area contributed by atoms with Gasteiger partial charge in [-0.1, -0.05) is 235 Å². The molecule has 1 aliphatic heterocycles. The smallest absolute Gasteiger partial charge is 0.306 e. The number of hydrogen-bond acceptors (Lipinski definition) is 10. The highest BCUT2D eigenvalue weighted by Crippen LogP contribution is 2.26. The van der Waals surface area contributed by atoms with Crippen molar-refractivity contribution in [2.24, 2.45) is 0 Å². The molecule has 1 saturated heterocycles. The maximum Gasteiger partial charge on any atom is 0.306 e. The van der Waals surface area contributed by atoms with Gasteiger partial charge in [0.05, 0.1) is 25.4 Å². The lowest BCUT2D eigenvalue weighted by molar-refractivity contribution is -0.305. The lowest BCUT2D eigenvalue weighted by atomic mass is 9.99. The van der Waals surface area contributed by atoms with Crippen LogP contribution in [0.3, 0.4) is 0 Å². The molecule has 1 rings (SSSR count). The van der Waals surface area contributed by atoms with E-state index in [4.69, 9.17) is 14.2 Å². The van der Waals surface area contributed by atoms with E-state index in [-0.39, 0.29) is 19.4 Å². The molecule has 0 aliphatic carbocycles. The zero-order chi connectivity index (χ0) is 49.0. The highest BCUT2D eigenvalue weighted by molar-refractivity contribution is 5.80. The summed E-state index contributed by atoms with van der Waals surface area (Å²) in [4.78, 5) is 26.3. The molecule has 8 unspecified atom stereocenters. The fourth-order valence-corrected chi connectivity index (χ4v) is 7.97. The first kappa shape index (κ1) is 62.1. The predicted molar refractivity (Wildman–Crippen MR) is 273 cm³/mol. The Morgan fingerprint density at radius 2 is 1.07 bits per heavy atom. The van der Waals surface area contributed by atoms with Crippen molar-refractivity contribution >= 4 is 11.9 Å². The third-order valence-electron chi connectivity index (χ3n) is 12.3. The molecule has 0 aromatic heterocycles. The number of carbonyl (C=O) groups excluding carboxylic acids is 2. The number of esters is 1. The van der Waals surface area contributed by atoms with Crippen LogP contribution in [0.5, 0.6) is 0 Å². The van der Waals surface area contributed by atoms with E-state index in [1.54, 1.807) is 6.08 Å². The van der Waals surface area contributed by atoms with Crippen LogP contribution in [0.25, 0.3) is 0 Å². The molecule has 11 heteroatoms. The van der Waals surface area contributed by atoms with Gasteiger partial charge in [-0.2, -0.15) is 0 Å². The molecule has 0 saturated carbocycles. The van der Waals surface area contributed by atoms with Crippen molar-refractivity contribution in [2.75, 3.05) is 13.2 Å². The molecule has 386 valence electrons. The number of hydrogen-bond donors (Lipinski definition) is 6. The molecule has 1 fully saturated rings. The normalized spacial score (nSPS) is 20.6. The minimum Gasteiger partial charge on any atom is -0.454 e. The summed E-state index contributed by atoms with van der Waals surface area (Å²) in [5.41, 5.74) is 0. The van der Waals surface area contributed by atoms with Crippen LogP contribution in [0.2, 0.25) is 0 Å². The molecule has 6 N–H and O–H groups in total. The van der Waals surface area contributed by atoms with Crippen LogP contribution in [0.15, 0.2) is 72.9 Å². The summed E-state index contributed by atoms with van der Waals surface area (Å²) >= 11 is 0. The Kier molecular flexibility index (Phi) is 41.1. The number of aliphatic hydroxyl groups is 5. The summed E-state index contributed by atoms with van der Waals surface area (Å²) in [6.07, 6.45) is 43.9. The van der Waals surface area contributed by atoms with Gasteiger partial charge in [0.1, 0.15) is 24.4 Å². The number of allylic oxidation sites excluding steroid dienone is 11. The molecule has 0 radical (unpaired) electrons. The predicted octanol–water partition coefficient (Wildman–Crippen LogP) is 11.3. The molecule has 67 heavy (non-hydrogen) atoms. The van der Waals surface area contributed by atoms with E-state index < -0.39 is 67.4 Å². The molecule has 11 nitrogen and oxygen atoms in total. The maximum absolute atomic E-state index is 13.3. The van der Waals surface area contributed by atoms with Gasteiger partial charge in [-0.3, -0.25) is 9.59 Å². The monoisotopic (exact) mass is 944 g/mol. The lowest BCUT2D eigenvalue weighted by Gasteiger charge is -2.41. The van der Waals surface area contributed by atoms with E-state index in [1.165, 1.54) is 109 Å². The van der Waals surface area contributed by atoms with Gasteiger partial charge in [0.25, 0.3) is 0 Å². The fourth-order valence-electron chi connectivity index (χ4n) is 7.97. The first-order valence-corrected chi connectivity index (χ1v) is 26.8. The zero-order valence-corrected chi connectivity index (χ0v) is 42.2. The number of carbonyl (C=O) groups is 2. The van der Waals surface area contributed by atoms with Crippen LogP contribution in [0.4, 0.5) is 0 Å². The second-order valence-corrected chi connectivity index (χ2v) is 18.4. The Hall–Kier alpha value is -2.90. The van der Waals surface area contributed by atoms with Crippen molar-refractivity contribution in [2.45, 2.75) is 256 Å². The molecule has 0 aromatic rings. The van der Waals surface area contributed by atoms with Crippen LogP contribution >= 0.6 is 0 Å². The van der Waals surface area contributed by atoms with Gasteiger partial charge in [0, 0.05) is 6.42 Å². The third-order valence-corrected chi connectivity index (χ3v) is 12.3. The first-order valence-electron chi connectivity index (χ1n) is 26.8. The number of aliphatic hydroxyl groups excluding tert-OH is 5. The van der Waals surface area contributed by atoms with E-state index in [9.17, 15) is 35.1 Å². The van der Waals surface area contributed by atoms with E-state index in [0.29, 0.717) is 19.3 Å². The molecular weight excluding hydrogens is 847 g/mol. The molecule has 0 bridgehead atoms. The summed E-state index contributed by atoms with van der Waals surface area (Å²) in [7, 11) is 0. The molecule has 8 atom stereocenters. The standard InChI is InChI=1S/C56H97NO10/c1-4-7-10-13-16-19-22-25-28-31-34-37-40-43-49(60)55(64)57-47(48(59)42-39-36-33-30-27-24-21-18-15-12-9-6-3)46-65-56-54(53(63)52(62)50(45-58)66-56)67-51(61)44-41-38-35-32-29-26-23-20-17-14-11-8-5-2/h8,11,14,17,20,23,26,29,32,35,39,42,47-50,52-54,56,58-60,62-63H,4-7,9-10,12-13,15-16,18-19,21-22,24-25,27-28,30-31,33-34,36-38,40-41,43-46H2,1-3H3,(H,57,64)/b11-8+,17-14+,23-20-,29-26-,35-32+,42-39+. The minimum atomic E-state index is -1.64. The molecule has 1 heterocycles. The van der Waals surface area contributed by atoms with E-state index >= 15 is 0 Å². The van der Waals surface area contributed by atoms with Crippen molar-refractivity contribution in [3.05, 3.63) is 72.9 Å². The fraction of sp³-hybridized carbons (Fsp3) is 0.750. The number of amides is 1. The third kappa shape index (κ3) is 33.3. The summed E-state index contributed by atoms with van der Waals surface area (Å²) in [5, 5.41) is 56.6. The van der Waals surface area contributed by atoms with Gasteiger partial charge in [-0.15, -0.1) is 0 Å². The quantitative estimate of drug-likeness (QED) is 0.0149. The average molecular weight is 944 g/mol. The van der Waals surface area contributed by atoms with Crippen LogP contribution in [-0.4, -0.2) is 99.6 Å². The molecular formula is C56H97NO10. The number of nitrogens with one attached hydrogen (secondary N) is 1. The minimum absolute atomic E-state index is 0.0257. The van der Waals surface area contributed by atoms with Gasteiger partial charge in [-0.25, -0.2) is 0 Å². The summed E-state index contributed by atoms with van der Waals surface area (Å²) in [6.45, 7) is 5.57. The molecule has 1 amide bonds. The highest BCUT2D eigenvalue weighted by Gasteiger charge is 2.47. The van der Waals surface area contributed by atoms with Gasteiger partial charge >= 0.3 is 5.97 Å². The van der Waals surface area contributed by atoms with Gasteiger partial charge < -0.3 is 45.1 Å². The van der Waals surface area contributed by atoms with E-state index in [0.717, 1.165) is 44.9 Å². The first-order chi connectivity index (χ1) is 32.7. The zero-order valence-electron chi connectivity index (χ0n) is 42.2. The van der Waals surface area contributed by atoms with Crippen LogP contribution < -0.4 is 5.32 Å². The number of rotatable bonds is 43. The van der Waals surface area contributed by atoms with Gasteiger partial charge in [-0.05, 0) is 38.5 Å². The van der Waals surface area contributed by atoms with Gasteiger partial charge in [0.15, 0.2) is 12.4 Å². The highest BCUT2D eigenvalue weighted by atomic mass is 16.7. The second-order valence-electron chi connectivity index (χ2n) is 18.4. The summed E-state index contributed by atoms with van der Waals surface area (Å²) in [5.74, 6) is -1.28. The van der Waals surface area contributed by atoms with Crippen molar-refractivity contribution < 1.29 is 49.3 Å². The van der Waals surface area contributed by atoms with E-state index in [2.05, 4.69) is 32.2 Å². The summed E-state index contributed by atoms with van der Waals surface area (Å²) in [6, 6.07) is -1.04. The van der Waals surface area contributed by atoms with Crippen molar-refractivity contribution in [1.82, 2.24) is 5.32 Å². The van der Waals surface area contributed by atoms with Gasteiger partial charge in [0.2, 0.25) is 5.91 Å². The summed E-state index contributed by atoms with van der Waals surface area (Å²) < 4.78 is 17.4. The lowest BCUT2D eigenvalue weighted by Crippen LogP contribution is -2.61.